The summed E-state index contributed by atoms with van der Waals surface area (Å²) in [6, 6.07) is 7.03. The number of ketones is 1. The Morgan fingerprint density at radius 3 is 2.53 bits per heavy atom. The van der Waals surface area contributed by atoms with E-state index >= 15 is 0 Å². The lowest BCUT2D eigenvalue weighted by Crippen LogP contribution is -2.04. The largest absolute Gasteiger partial charge is 0.399 e. The van der Waals surface area contributed by atoms with Gasteiger partial charge in [0.1, 0.15) is 5.82 Å². The van der Waals surface area contributed by atoms with Crippen molar-refractivity contribution in [3.8, 4) is 0 Å². The highest BCUT2D eigenvalue weighted by Crippen LogP contribution is 2.30. The van der Waals surface area contributed by atoms with Crippen molar-refractivity contribution in [1.29, 1.82) is 0 Å². The average Bonchev–Trinajstić information content (AvgIpc) is 2.36. The molecule has 0 saturated carbocycles. The van der Waals surface area contributed by atoms with E-state index in [9.17, 15) is 9.18 Å². The molecule has 0 fully saturated rings. The summed E-state index contributed by atoms with van der Waals surface area (Å²) in [7, 11) is 0. The van der Waals surface area contributed by atoms with E-state index in [1.165, 1.54) is 30.3 Å². The van der Waals surface area contributed by atoms with Crippen LogP contribution in [0, 0.1) is 12.7 Å². The molecular weight excluding hydrogens is 288 g/mol. The number of nitrogen functional groups attached to an aromatic ring is 1. The van der Waals surface area contributed by atoms with Crippen LogP contribution in [-0.4, -0.2) is 5.78 Å². The molecule has 2 N–H and O–H groups in total. The van der Waals surface area contributed by atoms with Crippen LogP contribution in [-0.2, 0) is 0 Å². The number of halogens is 3. The van der Waals surface area contributed by atoms with Gasteiger partial charge >= 0.3 is 0 Å². The van der Waals surface area contributed by atoms with Crippen LogP contribution in [0.25, 0.3) is 0 Å². The molecule has 0 heterocycles. The molecular formula is C14H10Cl2FNO. The van der Waals surface area contributed by atoms with Crippen LogP contribution in [0.3, 0.4) is 0 Å². The second kappa shape index (κ2) is 5.19. The molecule has 0 aliphatic rings. The van der Waals surface area contributed by atoms with Gasteiger partial charge in [-0.15, -0.1) is 0 Å². The predicted octanol–water partition coefficient (Wildman–Crippen LogP) is 4.25. The van der Waals surface area contributed by atoms with Gasteiger partial charge < -0.3 is 5.73 Å². The standard InChI is InChI=1S/C14H10Cl2FNO/c1-7-4-8(2-3-12(7)17)14(19)10-5-9(18)6-11(15)13(10)16/h2-6H,18H2,1H3. The van der Waals surface area contributed by atoms with Gasteiger partial charge in [-0.1, -0.05) is 23.2 Å². The molecule has 98 valence electrons. The van der Waals surface area contributed by atoms with Crippen LogP contribution in [0.4, 0.5) is 10.1 Å². The Balaban J connectivity index is 2.53. The number of aryl methyl sites for hydroxylation is 1. The van der Waals surface area contributed by atoms with Crippen molar-refractivity contribution in [2.75, 3.05) is 5.73 Å². The Kier molecular flexibility index (Phi) is 3.78. The first-order valence-electron chi connectivity index (χ1n) is 5.45. The molecule has 19 heavy (non-hydrogen) atoms. The predicted molar refractivity (Wildman–Crippen MR) is 75.4 cm³/mol. The first-order valence-corrected chi connectivity index (χ1v) is 6.21. The number of nitrogens with two attached hydrogens (primary N) is 1. The Hall–Kier alpha value is -1.58. The minimum Gasteiger partial charge on any atom is -0.399 e. The highest BCUT2D eigenvalue weighted by Gasteiger charge is 2.16. The Morgan fingerprint density at radius 1 is 1.21 bits per heavy atom. The van der Waals surface area contributed by atoms with Crippen molar-refractivity contribution in [3.63, 3.8) is 0 Å². The molecule has 0 aliphatic carbocycles. The Morgan fingerprint density at radius 2 is 1.89 bits per heavy atom. The maximum absolute atomic E-state index is 13.2. The number of benzene rings is 2. The average molecular weight is 298 g/mol. The SMILES string of the molecule is Cc1cc(C(=O)c2cc(N)cc(Cl)c2Cl)ccc1F. The van der Waals surface area contributed by atoms with Crippen LogP contribution in [0.2, 0.25) is 10.0 Å². The Labute approximate surface area is 119 Å². The van der Waals surface area contributed by atoms with Gasteiger partial charge in [0.15, 0.2) is 5.78 Å². The number of hydrogen-bond donors (Lipinski definition) is 1. The van der Waals surface area contributed by atoms with Crippen LogP contribution >= 0.6 is 23.2 Å². The van der Waals surface area contributed by atoms with E-state index in [1.807, 2.05) is 0 Å². The summed E-state index contributed by atoms with van der Waals surface area (Å²) in [6.45, 7) is 1.58. The summed E-state index contributed by atoms with van der Waals surface area (Å²) < 4.78 is 13.2. The maximum Gasteiger partial charge on any atom is 0.194 e. The molecule has 2 nitrogen and oxygen atoms in total. The van der Waals surface area contributed by atoms with Crippen molar-refractivity contribution in [2.24, 2.45) is 0 Å². The number of hydrogen-bond acceptors (Lipinski definition) is 2. The smallest absolute Gasteiger partial charge is 0.194 e. The molecule has 0 radical (unpaired) electrons. The van der Waals surface area contributed by atoms with Gasteiger partial charge in [0.25, 0.3) is 0 Å². The van der Waals surface area contributed by atoms with Crippen LogP contribution in [0.15, 0.2) is 30.3 Å². The van der Waals surface area contributed by atoms with Crippen LogP contribution < -0.4 is 5.73 Å². The minimum absolute atomic E-state index is 0.142. The maximum atomic E-state index is 13.2. The van der Waals surface area contributed by atoms with E-state index in [4.69, 9.17) is 28.9 Å². The fourth-order valence-electron chi connectivity index (χ4n) is 1.72. The zero-order valence-electron chi connectivity index (χ0n) is 10.0. The molecule has 0 aromatic heterocycles. The number of anilines is 1. The summed E-state index contributed by atoms with van der Waals surface area (Å²) >= 11 is 11.9. The van der Waals surface area contributed by atoms with Crippen molar-refractivity contribution >= 4 is 34.7 Å². The molecule has 2 aromatic carbocycles. The molecule has 2 aromatic rings. The first kappa shape index (κ1) is 13.8. The third-order valence-electron chi connectivity index (χ3n) is 2.72. The molecule has 0 bridgehead atoms. The zero-order valence-corrected chi connectivity index (χ0v) is 11.5. The monoisotopic (exact) mass is 297 g/mol. The van der Waals surface area contributed by atoms with Crippen molar-refractivity contribution in [1.82, 2.24) is 0 Å². The van der Waals surface area contributed by atoms with E-state index in [0.717, 1.165) is 0 Å². The first-order chi connectivity index (χ1) is 8.90. The highest BCUT2D eigenvalue weighted by molar-refractivity contribution is 6.44. The number of carbonyl (C=O) groups is 1. The second-order valence-electron chi connectivity index (χ2n) is 4.16. The van der Waals surface area contributed by atoms with Gasteiger partial charge in [-0.25, -0.2) is 4.39 Å². The Bertz CT molecular complexity index is 671. The van der Waals surface area contributed by atoms with Gasteiger partial charge in [0.05, 0.1) is 10.0 Å². The van der Waals surface area contributed by atoms with E-state index < -0.39 is 0 Å². The topological polar surface area (TPSA) is 43.1 Å². The molecule has 2 rings (SSSR count). The van der Waals surface area contributed by atoms with E-state index in [1.54, 1.807) is 6.92 Å². The summed E-state index contributed by atoms with van der Waals surface area (Å²) in [6.07, 6.45) is 0. The lowest BCUT2D eigenvalue weighted by molar-refractivity contribution is 0.103. The lowest BCUT2D eigenvalue weighted by atomic mass is 10.0. The second-order valence-corrected chi connectivity index (χ2v) is 4.94. The van der Waals surface area contributed by atoms with Gasteiger partial charge in [-0.2, -0.15) is 0 Å². The fourth-order valence-corrected chi connectivity index (χ4v) is 2.14. The minimum atomic E-state index is -0.367. The van der Waals surface area contributed by atoms with Gasteiger partial charge in [-0.3, -0.25) is 4.79 Å². The van der Waals surface area contributed by atoms with Gasteiger partial charge in [-0.05, 0) is 42.8 Å². The summed E-state index contributed by atoms with van der Waals surface area (Å²) in [5, 5.41) is 0.353. The highest BCUT2D eigenvalue weighted by atomic mass is 35.5. The molecule has 5 heteroatoms. The summed E-state index contributed by atoms with van der Waals surface area (Å²) in [5.41, 5.74) is 6.91. The summed E-state index contributed by atoms with van der Waals surface area (Å²) in [4.78, 5) is 12.3. The van der Waals surface area contributed by atoms with E-state index in [-0.39, 0.29) is 27.2 Å². The quantitative estimate of drug-likeness (QED) is 0.665. The molecule has 0 atom stereocenters. The number of rotatable bonds is 2. The van der Waals surface area contributed by atoms with Crippen molar-refractivity contribution in [3.05, 3.63) is 62.9 Å². The zero-order chi connectivity index (χ0) is 14.2. The third kappa shape index (κ3) is 2.72. The molecule has 0 saturated heterocycles. The normalized spacial score (nSPS) is 10.5. The van der Waals surface area contributed by atoms with E-state index in [0.29, 0.717) is 16.8 Å². The molecule has 0 aliphatic heterocycles. The van der Waals surface area contributed by atoms with Crippen molar-refractivity contribution in [2.45, 2.75) is 6.92 Å². The van der Waals surface area contributed by atoms with Crippen LogP contribution in [0.1, 0.15) is 21.5 Å². The van der Waals surface area contributed by atoms with E-state index in [2.05, 4.69) is 0 Å². The van der Waals surface area contributed by atoms with Crippen molar-refractivity contribution < 1.29 is 9.18 Å². The molecule has 0 amide bonds. The summed E-state index contributed by atoms with van der Waals surface area (Å²) in [5.74, 6) is -0.712. The molecule has 0 spiro atoms. The van der Waals surface area contributed by atoms with Crippen LogP contribution in [0.5, 0.6) is 0 Å². The van der Waals surface area contributed by atoms with Gasteiger partial charge in [0, 0.05) is 16.8 Å². The molecule has 0 unspecified atom stereocenters. The fraction of sp³-hybridized carbons (Fsp3) is 0.0714. The lowest BCUT2D eigenvalue weighted by Gasteiger charge is -2.08. The third-order valence-corrected chi connectivity index (χ3v) is 3.52. The number of carbonyl (C=O) groups excluding carboxylic acids is 1. The van der Waals surface area contributed by atoms with Gasteiger partial charge in [0.2, 0.25) is 0 Å².